The molecule has 5 fully saturated rings. The van der Waals surface area contributed by atoms with Gasteiger partial charge in [0, 0.05) is 26.1 Å². The van der Waals surface area contributed by atoms with Gasteiger partial charge in [0.15, 0.2) is 24.2 Å². The summed E-state index contributed by atoms with van der Waals surface area (Å²) in [6, 6.07) is 0. The van der Waals surface area contributed by atoms with E-state index in [-0.39, 0.29) is 48.8 Å². The highest BCUT2D eigenvalue weighted by Crippen LogP contribution is 2.42. The number of oxime groups is 2. The molecule has 10 atom stereocenters. The lowest BCUT2D eigenvalue weighted by atomic mass is 9.99. The Bertz CT molecular complexity index is 896. The Hall–Kier alpha value is -1.38. The summed E-state index contributed by atoms with van der Waals surface area (Å²) in [6.45, 7) is 8.60. The van der Waals surface area contributed by atoms with Crippen molar-refractivity contribution in [2.45, 2.75) is 139 Å². The summed E-state index contributed by atoms with van der Waals surface area (Å²) in [5.41, 5.74) is 1.67. The molecular formula is C26H38N2O10. The molecule has 0 aromatic rings. The quantitative estimate of drug-likeness (QED) is 0.455. The van der Waals surface area contributed by atoms with E-state index in [1.54, 1.807) is 0 Å². The first kappa shape index (κ1) is 25.6. The van der Waals surface area contributed by atoms with Gasteiger partial charge in [-0.3, -0.25) is 0 Å². The number of hydrogen-bond acceptors (Lipinski definition) is 12. The average molecular weight is 539 g/mol. The third kappa shape index (κ3) is 4.77. The summed E-state index contributed by atoms with van der Waals surface area (Å²) in [4.78, 5) is 11.6. The molecule has 0 N–H and O–H groups in total. The van der Waals surface area contributed by atoms with Gasteiger partial charge in [0.25, 0.3) is 0 Å². The first-order chi connectivity index (χ1) is 18.2. The molecule has 0 aromatic heterocycles. The monoisotopic (exact) mass is 538 g/mol. The van der Waals surface area contributed by atoms with E-state index in [9.17, 15) is 0 Å². The zero-order valence-electron chi connectivity index (χ0n) is 22.4. The SMILES string of the molecule is CC1(C)O[C@H]2O[C@@H]3C4=NO[C@@H](CCCO[C@@H]5[C@H]6OC(C)(C)O[C@H]6O[C@@H]5C5=NO[C@@H](CCCO[C@@H]3[C@H]2O1)C5)C4. The van der Waals surface area contributed by atoms with Crippen molar-refractivity contribution in [3.8, 4) is 0 Å². The fraction of sp³-hybridized carbons (Fsp3) is 0.923. The van der Waals surface area contributed by atoms with E-state index in [2.05, 4.69) is 10.3 Å². The van der Waals surface area contributed by atoms with Gasteiger partial charge in [-0.25, -0.2) is 0 Å². The van der Waals surface area contributed by atoms with E-state index in [0.29, 0.717) is 26.1 Å². The highest BCUT2D eigenvalue weighted by Gasteiger charge is 2.58. The zero-order valence-corrected chi connectivity index (χ0v) is 22.4. The van der Waals surface area contributed by atoms with E-state index in [1.807, 2.05) is 27.7 Å². The maximum Gasteiger partial charge on any atom is 0.190 e. The molecule has 0 saturated carbocycles. The van der Waals surface area contributed by atoms with Crippen LogP contribution in [0.1, 0.15) is 66.2 Å². The smallest absolute Gasteiger partial charge is 0.190 e. The molecule has 12 nitrogen and oxygen atoms in total. The van der Waals surface area contributed by atoms with Crippen LogP contribution in [-0.2, 0) is 47.6 Å². The van der Waals surface area contributed by atoms with Gasteiger partial charge in [0.2, 0.25) is 0 Å². The first-order valence-corrected chi connectivity index (χ1v) is 14.0. The predicted molar refractivity (Wildman–Crippen MR) is 129 cm³/mol. The van der Waals surface area contributed by atoms with Crippen LogP contribution < -0.4 is 0 Å². The highest BCUT2D eigenvalue weighted by atomic mass is 16.9. The summed E-state index contributed by atoms with van der Waals surface area (Å²) < 4.78 is 49.5. The van der Waals surface area contributed by atoms with E-state index < -0.39 is 24.2 Å². The molecule has 212 valence electrons. The Labute approximate surface area is 222 Å². The number of nitrogens with zero attached hydrogens (tertiary/aromatic N) is 2. The summed E-state index contributed by atoms with van der Waals surface area (Å²) in [7, 11) is 0. The van der Waals surface area contributed by atoms with Crippen molar-refractivity contribution in [1.29, 1.82) is 0 Å². The molecule has 7 aliphatic heterocycles. The van der Waals surface area contributed by atoms with Crippen LogP contribution in [0.15, 0.2) is 10.3 Å². The van der Waals surface area contributed by atoms with Crippen molar-refractivity contribution in [1.82, 2.24) is 0 Å². The Kier molecular flexibility index (Phi) is 6.47. The number of ether oxygens (including phenoxy) is 8. The maximum atomic E-state index is 6.38. The minimum atomic E-state index is -0.720. The van der Waals surface area contributed by atoms with Crippen LogP contribution in [0.2, 0.25) is 0 Å². The van der Waals surface area contributed by atoms with Crippen molar-refractivity contribution >= 4 is 11.4 Å². The molecule has 0 aromatic carbocycles. The minimum Gasteiger partial charge on any atom is -0.392 e. The predicted octanol–water partition coefficient (Wildman–Crippen LogP) is 2.37. The standard InChI is InChI=1S/C26H38N2O10/c1-25(2)33-21-19-17(31-23(21)35-25)15-11-13(37-27-15)8-6-10-30-20-18(32-24-22(20)34-26(3,4)36-24)16-12-14(38-28-16)7-5-9-29-19/h13-14,17-24H,5-12H2,1-4H3/t13-,14-,17+,18+,19-,20-,21+,22+,23+,24+/m0/s1. The molecule has 7 heterocycles. The normalized spacial score (nSPS) is 47.5. The Morgan fingerprint density at radius 2 is 1.05 bits per heavy atom. The summed E-state index contributed by atoms with van der Waals surface area (Å²) in [5.74, 6) is -1.44. The molecule has 0 unspecified atom stereocenters. The van der Waals surface area contributed by atoms with Gasteiger partial charge < -0.3 is 47.6 Å². The largest absolute Gasteiger partial charge is 0.392 e. The van der Waals surface area contributed by atoms with E-state index in [4.69, 9.17) is 47.6 Å². The summed E-state index contributed by atoms with van der Waals surface area (Å²) in [5, 5.41) is 8.79. The third-order valence-corrected chi connectivity index (χ3v) is 8.11. The van der Waals surface area contributed by atoms with Gasteiger partial charge in [0.05, 0.1) is 11.4 Å². The van der Waals surface area contributed by atoms with Crippen molar-refractivity contribution in [3.05, 3.63) is 0 Å². The van der Waals surface area contributed by atoms with Crippen LogP contribution in [0.5, 0.6) is 0 Å². The lowest BCUT2D eigenvalue weighted by Gasteiger charge is -2.26. The minimum absolute atomic E-state index is 0.0443. The van der Waals surface area contributed by atoms with Gasteiger partial charge in [0.1, 0.15) is 48.8 Å². The maximum absolute atomic E-state index is 6.38. The average Bonchev–Trinajstić information content (AvgIpc) is 3.66. The molecule has 38 heavy (non-hydrogen) atoms. The van der Waals surface area contributed by atoms with Gasteiger partial charge in [-0.1, -0.05) is 10.3 Å². The fourth-order valence-corrected chi connectivity index (χ4v) is 6.47. The topological polar surface area (TPSA) is 117 Å². The number of fused-ring (bicyclic) bond motifs is 12. The van der Waals surface area contributed by atoms with Gasteiger partial charge >= 0.3 is 0 Å². The fourth-order valence-electron chi connectivity index (χ4n) is 6.47. The van der Waals surface area contributed by atoms with Gasteiger partial charge in [-0.15, -0.1) is 0 Å². The number of rotatable bonds is 0. The molecule has 4 bridgehead atoms. The molecule has 0 amide bonds. The van der Waals surface area contributed by atoms with Crippen molar-refractivity contribution in [3.63, 3.8) is 0 Å². The lowest BCUT2D eigenvalue weighted by molar-refractivity contribution is -0.210. The second kappa shape index (κ2) is 9.62. The van der Waals surface area contributed by atoms with Crippen molar-refractivity contribution in [2.24, 2.45) is 10.3 Å². The van der Waals surface area contributed by atoms with Crippen molar-refractivity contribution < 1.29 is 47.6 Å². The van der Waals surface area contributed by atoms with Gasteiger partial charge in [-0.05, 0) is 53.4 Å². The zero-order chi connectivity index (χ0) is 26.1. The Balaban J connectivity index is 1.05. The van der Waals surface area contributed by atoms with E-state index in [0.717, 1.165) is 37.1 Å². The number of hydrogen-bond donors (Lipinski definition) is 0. The van der Waals surface area contributed by atoms with Crippen molar-refractivity contribution in [2.75, 3.05) is 13.2 Å². The second-order valence-electron chi connectivity index (χ2n) is 12.0. The molecule has 0 spiro atoms. The van der Waals surface area contributed by atoms with Crippen LogP contribution in [0, 0.1) is 0 Å². The molecule has 7 rings (SSSR count). The molecule has 0 radical (unpaired) electrons. The Morgan fingerprint density at radius 3 is 1.50 bits per heavy atom. The van der Waals surface area contributed by atoms with Crippen LogP contribution >= 0.6 is 0 Å². The van der Waals surface area contributed by atoms with Crippen LogP contribution in [0.3, 0.4) is 0 Å². The van der Waals surface area contributed by atoms with E-state index >= 15 is 0 Å². The lowest BCUT2D eigenvalue weighted by Crippen LogP contribution is -2.41. The van der Waals surface area contributed by atoms with Crippen LogP contribution in [0.4, 0.5) is 0 Å². The van der Waals surface area contributed by atoms with Crippen LogP contribution in [0.25, 0.3) is 0 Å². The Morgan fingerprint density at radius 1 is 0.605 bits per heavy atom. The second-order valence-corrected chi connectivity index (χ2v) is 12.0. The summed E-state index contributed by atoms with van der Waals surface area (Å²) >= 11 is 0. The molecule has 12 heteroatoms. The third-order valence-electron chi connectivity index (χ3n) is 8.11. The molecule has 7 aliphatic rings. The first-order valence-electron chi connectivity index (χ1n) is 14.0. The van der Waals surface area contributed by atoms with Crippen LogP contribution in [-0.4, -0.2) is 97.6 Å². The highest BCUT2D eigenvalue weighted by molar-refractivity contribution is 5.91. The van der Waals surface area contributed by atoms with E-state index in [1.165, 1.54) is 0 Å². The van der Waals surface area contributed by atoms with Gasteiger partial charge in [-0.2, -0.15) is 0 Å². The molecule has 0 aliphatic carbocycles. The molecular weight excluding hydrogens is 500 g/mol. The molecule has 5 saturated heterocycles. The summed E-state index contributed by atoms with van der Waals surface area (Å²) in [6.07, 6.45) is 1.42.